The van der Waals surface area contributed by atoms with E-state index in [0.29, 0.717) is 6.61 Å². The summed E-state index contributed by atoms with van der Waals surface area (Å²) < 4.78 is 0. The van der Waals surface area contributed by atoms with E-state index in [4.69, 9.17) is 10.2 Å². The van der Waals surface area contributed by atoms with Crippen molar-refractivity contribution >= 4 is 5.78 Å². The summed E-state index contributed by atoms with van der Waals surface area (Å²) >= 11 is 0. The van der Waals surface area contributed by atoms with Crippen molar-refractivity contribution in [1.29, 1.82) is 0 Å². The van der Waals surface area contributed by atoms with Crippen LogP contribution < -0.4 is 0 Å². The Labute approximate surface area is 75.4 Å². The molecule has 0 aliphatic carbocycles. The summed E-state index contributed by atoms with van der Waals surface area (Å²) in [6.07, 6.45) is 0.708. The van der Waals surface area contributed by atoms with Crippen molar-refractivity contribution in [2.45, 2.75) is 47.1 Å². The molecule has 0 aromatic heterocycles. The molecule has 0 atom stereocenters. The van der Waals surface area contributed by atoms with Crippen LogP contribution in [-0.4, -0.2) is 28.7 Å². The van der Waals surface area contributed by atoms with Crippen LogP contribution in [0.5, 0.6) is 0 Å². The van der Waals surface area contributed by atoms with Gasteiger partial charge in [-0.15, -0.1) is 0 Å². The summed E-state index contributed by atoms with van der Waals surface area (Å²) in [7, 11) is 0. The zero-order valence-corrected chi connectivity index (χ0v) is 8.79. The number of carbonyl (C=O) groups excluding carboxylic acids is 1. The first-order chi connectivity index (χ1) is 5.38. The SMILES string of the molecule is CC(C)=O.CC(C)O.CCCO. The molecule has 0 heterocycles. The van der Waals surface area contributed by atoms with Crippen molar-refractivity contribution in [2.24, 2.45) is 0 Å². The summed E-state index contributed by atoms with van der Waals surface area (Å²) in [6, 6.07) is 0. The number of carbonyl (C=O) groups is 1. The Morgan fingerprint density at radius 2 is 1.42 bits per heavy atom. The van der Waals surface area contributed by atoms with Gasteiger partial charge in [0.1, 0.15) is 5.78 Å². The molecule has 0 aliphatic heterocycles. The third-order valence-corrected chi connectivity index (χ3v) is 0.224. The average molecular weight is 178 g/mol. The molecule has 2 N–H and O–H groups in total. The van der Waals surface area contributed by atoms with E-state index in [0.717, 1.165) is 6.42 Å². The largest absolute Gasteiger partial charge is 0.396 e. The van der Waals surface area contributed by atoms with Gasteiger partial charge in [-0.25, -0.2) is 0 Å². The highest BCUT2D eigenvalue weighted by atomic mass is 16.3. The first kappa shape index (κ1) is 17.6. The van der Waals surface area contributed by atoms with Gasteiger partial charge in [0.2, 0.25) is 0 Å². The van der Waals surface area contributed by atoms with Gasteiger partial charge in [-0.2, -0.15) is 0 Å². The van der Waals surface area contributed by atoms with Gasteiger partial charge in [0.15, 0.2) is 0 Å². The van der Waals surface area contributed by atoms with Crippen LogP contribution in [0, 0.1) is 0 Å². The molecule has 0 spiro atoms. The fourth-order valence-corrected chi connectivity index (χ4v) is 0. The number of Topliss-reactive ketones (excluding diaryl/α,β-unsaturated/α-hetero) is 1. The third-order valence-electron chi connectivity index (χ3n) is 0.224. The van der Waals surface area contributed by atoms with Crippen LogP contribution in [0.1, 0.15) is 41.0 Å². The van der Waals surface area contributed by atoms with E-state index in [1.807, 2.05) is 6.92 Å². The molecular formula is C9H22O3. The van der Waals surface area contributed by atoms with Gasteiger partial charge in [-0.1, -0.05) is 6.92 Å². The fraction of sp³-hybridized carbons (Fsp3) is 0.889. The van der Waals surface area contributed by atoms with Crippen LogP contribution in [0.25, 0.3) is 0 Å². The van der Waals surface area contributed by atoms with Crippen molar-refractivity contribution in [2.75, 3.05) is 6.61 Å². The van der Waals surface area contributed by atoms with E-state index in [1.54, 1.807) is 13.8 Å². The van der Waals surface area contributed by atoms with Gasteiger partial charge >= 0.3 is 0 Å². The normalized spacial score (nSPS) is 7.67. The van der Waals surface area contributed by atoms with E-state index >= 15 is 0 Å². The highest BCUT2D eigenvalue weighted by Crippen LogP contribution is 1.65. The van der Waals surface area contributed by atoms with E-state index in [2.05, 4.69) is 0 Å². The molecule has 0 aromatic rings. The lowest BCUT2D eigenvalue weighted by Gasteiger charge is -1.80. The summed E-state index contributed by atoms with van der Waals surface area (Å²) in [5.74, 6) is 0.167. The van der Waals surface area contributed by atoms with Gasteiger partial charge in [0.25, 0.3) is 0 Å². The second-order valence-electron chi connectivity index (χ2n) is 2.73. The Morgan fingerprint density at radius 1 is 1.33 bits per heavy atom. The minimum absolute atomic E-state index is 0.167. The minimum Gasteiger partial charge on any atom is -0.396 e. The maximum atomic E-state index is 9.44. The maximum absolute atomic E-state index is 9.44. The molecule has 0 radical (unpaired) electrons. The Kier molecular flexibility index (Phi) is 24.8. The zero-order chi connectivity index (χ0) is 10.6. The highest BCUT2D eigenvalue weighted by molar-refractivity contribution is 5.72. The van der Waals surface area contributed by atoms with Crippen molar-refractivity contribution in [1.82, 2.24) is 0 Å². The molecule has 0 bridgehead atoms. The van der Waals surface area contributed by atoms with E-state index < -0.39 is 0 Å². The number of hydrogen-bond acceptors (Lipinski definition) is 3. The summed E-state index contributed by atoms with van der Waals surface area (Å²) in [6.45, 7) is 8.75. The molecular weight excluding hydrogens is 156 g/mol. The maximum Gasteiger partial charge on any atom is 0.126 e. The summed E-state index contributed by atoms with van der Waals surface area (Å²) in [5, 5.41) is 15.9. The Morgan fingerprint density at radius 3 is 1.42 bits per heavy atom. The van der Waals surface area contributed by atoms with Crippen LogP contribution in [0.3, 0.4) is 0 Å². The average Bonchev–Trinajstić information content (AvgIpc) is 1.85. The number of ketones is 1. The summed E-state index contributed by atoms with van der Waals surface area (Å²) in [5.41, 5.74) is 0. The lowest BCUT2D eigenvalue weighted by atomic mass is 10.5. The van der Waals surface area contributed by atoms with E-state index in [9.17, 15) is 4.79 Å². The molecule has 0 rings (SSSR count). The molecule has 76 valence electrons. The van der Waals surface area contributed by atoms with Crippen LogP contribution in [0.2, 0.25) is 0 Å². The molecule has 0 unspecified atom stereocenters. The second kappa shape index (κ2) is 16.9. The molecule has 0 saturated carbocycles. The smallest absolute Gasteiger partial charge is 0.126 e. The summed E-state index contributed by atoms with van der Waals surface area (Å²) in [4.78, 5) is 9.44. The molecule has 0 fully saturated rings. The monoisotopic (exact) mass is 178 g/mol. The fourth-order valence-electron chi connectivity index (χ4n) is 0. The standard InChI is InChI=1S/C3H8O.C3H6O.C3H8O/c2*1-3(2)4;1-2-3-4/h3-4H,1-2H3;1-2H3;4H,2-3H2,1H3. The van der Waals surface area contributed by atoms with Crippen LogP contribution in [0.4, 0.5) is 0 Å². The first-order valence-corrected chi connectivity index (χ1v) is 4.14. The number of hydrogen-bond donors (Lipinski definition) is 2. The second-order valence-corrected chi connectivity index (χ2v) is 2.73. The Balaban J connectivity index is -0.000000101. The number of aliphatic hydroxyl groups excluding tert-OH is 2. The van der Waals surface area contributed by atoms with Crippen LogP contribution >= 0.6 is 0 Å². The topological polar surface area (TPSA) is 57.5 Å². The first-order valence-electron chi connectivity index (χ1n) is 4.14. The van der Waals surface area contributed by atoms with Gasteiger partial charge in [-0.05, 0) is 34.1 Å². The van der Waals surface area contributed by atoms with Crippen molar-refractivity contribution in [3.63, 3.8) is 0 Å². The van der Waals surface area contributed by atoms with Crippen molar-refractivity contribution in [3.05, 3.63) is 0 Å². The lowest BCUT2D eigenvalue weighted by Crippen LogP contribution is -1.85. The van der Waals surface area contributed by atoms with Gasteiger partial charge in [-0.3, -0.25) is 0 Å². The quantitative estimate of drug-likeness (QED) is 0.637. The predicted octanol–water partition coefficient (Wildman–Crippen LogP) is 1.37. The van der Waals surface area contributed by atoms with E-state index in [1.165, 1.54) is 13.8 Å². The number of rotatable bonds is 1. The van der Waals surface area contributed by atoms with Crippen LogP contribution in [0.15, 0.2) is 0 Å². The molecule has 0 aliphatic rings. The molecule has 0 aromatic carbocycles. The van der Waals surface area contributed by atoms with Crippen molar-refractivity contribution in [3.8, 4) is 0 Å². The molecule has 3 heteroatoms. The third kappa shape index (κ3) is 2030. The van der Waals surface area contributed by atoms with Gasteiger partial charge in [0, 0.05) is 12.7 Å². The predicted molar refractivity (Wildman–Crippen MR) is 51.1 cm³/mol. The molecule has 0 amide bonds. The minimum atomic E-state index is -0.167. The van der Waals surface area contributed by atoms with Gasteiger partial charge < -0.3 is 15.0 Å². The zero-order valence-electron chi connectivity index (χ0n) is 8.79. The molecule has 0 saturated heterocycles. The molecule has 12 heavy (non-hydrogen) atoms. The Hall–Kier alpha value is -0.410. The Bertz CT molecular complexity index is 71.1. The molecule has 3 nitrogen and oxygen atoms in total. The van der Waals surface area contributed by atoms with Crippen LogP contribution in [-0.2, 0) is 4.79 Å². The number of aliphatic hydroxyl groups is 2. The highest BCUT2D eigenvalue weighted by Gasteiger charge is 1.69. The van der Waals surface area contributed by atoms with Gasteiger partial charge in [0.05, 0.1) is 0 Å². The van der Waals surface area contributed by atoms with Crippen molar-refractivity contribution < 1.29 is 15.0 Å². The lowest BCUT2D eigenvalue weighted by molar-refractivity contribution is -0.114. The van der Waals surface area contributed by atoms with E-state index in [-0.39, 0.29) is 11.9 Å².